The van der Waals surface area contributed by atoms with E-state index in [-0.39, 0.29) is 5.96 Å². The van der Waals surface area contributed by atoms with Crippen molar-refractivity contribution < 1.29 is 14.7 Å². The van der Waals surface area contributed by atoms with E-state index in [9.17, 15) is 4.79 Å². The van der Waals surface area contributed by atoms with Gasteiger partial charge in [0, 0.05) is 0 Å². The summed E-state index contributed by atoms with van der Waals surface area (Å²) in [4.78, 5) is 13.0. The van der Waals surface area contributed by atoms with Crippen molar-refractivity contribution in [2.45, 2.75) is 26.4 Å². The number of rotatable bonds is 1. The topological polar surface area (TPSA) is 88.2 Å². The molecule has 18 heavy (non-hydrogen) atoms. The molecule has 0 aliphatic rings. The van der Waals surface area contributed by atoms with Crippen molar-refractivity contribution >= 4 is 17.7 Å². The molecule has 6 nitrogen and oxygen atoms in total. The molecule has 0 bridgehead atoms. The molecule has 0 atom stereocenters. The molecule has 0 aromatic heterocycles. The molecular weight excluding hydrogens is 234 g/mol. The summed E-state index contributed by atoms with van der Waals surface area (Å²) in [5.41, 5.74) is 5.29. The van der Waals surface area contributed by atoms with Crippen molar-refractivity contribution in [3.05, 3.63) is 30.3 Å². The van der Waals surface area contributed by atoms with Crippen LogP contribution in [0.4, 0.5) is 10.5 Å². The zero-order valence-corrected chi connectivity index (χ0v) is 10.6. The molecule has 0 aliphatic heterocycles. The largest absolute Gasteiger partial charge is 0.443 e. The molecule has 1 rings (SSSR count). The summed E-state index contributed by atoms with van der Waals surface area (Å²) >= 11 is 0. The van der Waals surface area contributed by atoms with E-state index >= 15 is 0 Å². The first-order chi connectivity index (χ1) is 8.35. The molecule has 0 radical (unpaired) electrons. The van der Waals surface area contributed by atoms with E-state index in [1.165, 1.54) is 0 Å². The second-order valence-electron chi connectivity index (χ2n) is 4.61. The van der Waals surface area contributed by atoms with Crippen LogP contribution >= 0.6 is 0 Å². The van der Waals surface area contributed by atoms with Crippen molar-refractivity contribution in [1.82, 2.24) is 0 Å². The maximum atomic E-state index is 12.0. The Morgan fingerprint density at radius 2 is 1.89 bits per heavy atom. The molecule has 0 unspecified atom stereocenters. The fourth-order valence-corrected chi connectivity index (χ4v) is 1.26. The van der Waals surface area contributed by atoms with Crippen LogP contribution in [0, 0.1) is 0 Å². The minimum atomic E-state index is -0.705. The van der Waals surface area contributed by atoms with Gasteiger partial charge >= 0.3 is 6.09 Å². The molecule has 0 saturated carbocycles. The highest BCUT2D eigenvalue weighted by Gasteiger charge is 2.26. The Hall–Kier alpha value is -2.24. The minimum absolute atomic E-state index is 0.351. The number of benzene rings is 1. The highest BCUT2D eigenvalue weighted by molar-refractivity contribution is 6.12. The monoisotopic (exact) mass is 251 g/mol. The molecule has 0 saturated heterocycles. The third-order valence-corrected chi connectivity index (χ3v) is 1.92. The molecular formula is C12H17N3O3. The summed E-state index contributed by atoms with van der Waals surface area (Å²) in [7, 11) is 0. The normalized spacial score (nSPS) is 12.1. The number of guanidine groups is 1. The van der Waals surface area contributed by atoms with Crippen LogP contribution in [-0.4, -0.2) is 22.9 Å². The summed E-state index contributed by atoms with van der Waals surface area (Å²) in [5.74, 6) is -0.351. The van der Waals surface area contributed by atoms with Crippen molar-refractivity contribution in [1.29, 1.82) is 0 Å². The summed E-state index contributed by atoms with van der Waals surface area (Å²) in [5, 5.41) is 11.6. The van der Waals surface area contributed by atoms with Gasteiger partial charge in [-0.3, -0.25) is 0 Å². The van der Waals surface area contributed by atoms with Gasteiger partial charge in [-0.2, -0.15) is 0 Å². The highest BCUT2D eigenvalue weighted by atomic mass is 16.6. The van der Waals surface area contributed by atoms with Crippen LogP contribution in [0.3, 0.4) is 0 Å². The Bertz CT molecular complexity index is 438. The number of para-hydroxylation sites is 1. The number of carbonyl (C=O) groups is 1. The van der Waals surface area contributed by atoms with Crippen LogP contribution in [0.1, 0.15) is 20.8 Å². The minimum Gasteiger partial charge on any atom is -0.443 e. The molecule has 1 amide bonds. The molecule has 0 fully saturated rings. The van der Waals surface area contributed by atoms with E-state index in [1.807, 2.05) is 0 Å². The summed E-state index contributed by atoms with van der Waals surface area (Å²) in [6.45, 7) is 5.21. The van der Waals surface area contributed by atoms with E-state index in [4.69, 9.17) is 15.7 Å². The van der Waals surface area contributed by atoms with E-state index < -0.39 is 11.7 Å². The quantitative estimate of drug-likeness (QED) is 0.346. The summed E-state index contributed by atoms with van der Waals surface area (Å²) in [6, 6.07) is 8.57. The van der Waals surface area contributed by atoms with Crippen molar-refractivity contribution in [3.63, 3.8) is 0 Å². The molecule has 98 valence electrons. The van der Waals surface area contributed by atoms with E-state index in [0.717, 1.165) is 4.90 Å². The van der Waals surface area contributed by atoms with E-state index in [1.54, 1.807) is 51.1 Å². The second-order valence-corrected chi connectivity index (χ2v) is 4.61. The number of anilines is 1. The maximum Gasteiger partial charge on any atom is 0.421 e. The van der Waals surface area contributed by atoms with Crippen LogP contribution in [-0.2, 0) is 4.74 Å². The molecule has 3 N–H and O–H groups in total. The molecule has 0 spiro atoms. The number of nitrogens with two attached hydrogens (primary N) is 1. The van der Waals surface area contributed by atoms with E-state index in [0.29, 0.717) is 5.69 Å². The van der Waals surface area contributed by atoms with Gasteiger partial charge in [0.2, 0.25) is 5.96 Å². The molecule has 1 aromatic rings. The lowest BCUT2D eigenvalue weighted by atomic mass is 10.2. The molecule has 0 aliphatic carbocycles. The van der Waals surface area contributed by atoms with Crippen LogP contribution in [0.15, 0.2) is 35.5 Å². The summed E-state index contributed by atoms with van der Waals surface area (Å²) in [6.07, 6.45) is -0.705. The molecule has 1 aromatic carbocycles. The van der Waals surface area contributed by atoms with Gasteiger partial charge in [0.1, 0.15) is 5.60 Å². The predicted octanol–water partition coefficient (Wildman–Crippen LogP) is 2.13. The van der Waals surface area contributed by atoms with Gasteiger partial charge in [0.25, 0.3) is 0 Å². The zero-order chi connectivity index (χ0) is 13.8. The van der Waals surface area contributed by atoms with Crippen LogP contribution in [0.2, 0.25) is 0 Å². The lowest BCUT2D eigenvalue weighted by Crippen LogP contribution is -2.45. The van der Waals surface area contributed by atoms with Gasteiger partial charge in [0.05, 0.1) is 5.69 Å². The molecule has 6 heteroatoms. The number of ether oxygens (including phenoxy) is 1. The van der Waals surface area contributed by atoms with Gasteiger partial charge in [-0.05, 0) is 32.9 Å². The second kappa shape index (κ2) is 5.39. The SMILES string of the molecule is CC(C)(C)OC(=O)N(C(N)=NO)c1ccccc1. The smallest absolute Gasteiger partial charge is 0.421 e. The van der Waals surface area contributed by atoms with Gasteiger partial charge < -0.3 is 15.7 Å². The van der Waals surface area contributed by atoms with Gasteiger partial charge in [-0.25, -0.2) is 9.69 Å². The predicted molar refractivity (Wildman–Crippen MR) is 68.6 cm³/mol. The van der Waals surface area contributed by atoms with E-state index in [2.05, 4.69) is 5.16 Å². The number of oxime groups is 1. The van der Waals surface area contributed by atoms with Crippen LogP contribution < -0.4 is 10.6 Å². The van der Waals surface area contributed by atoms with Crippen molar-refractivity contribution in [2.24, 2.45) is 10.9 Å². The third kappa shape index (κ3) is 3.65. The number of amides is 1. The maximum absolute atomic E-state index is 12.0. The Kier molecular flexibility index (Phi) is 4.14. The first-order valence-electron chi connectivity index (χ1n) is 5.41. The van der Waals surface area contributed by atoms with Crippen LogP contribution in [0.25, 0.3) is 0 Å². The highest BCUT2D eigenvalue weighted by Crippen LogP contribution is 2.17. The lowest BCUT2D eigenvalue weighted by molar-refractivity contribution is 0.0602. The van der Waals surface area contributed by atoms with Crippen molar-refractivity contribution in [2.75, 3.05) is 4.90 Å². The van der Waals surface area contributed by atoms with Crippen molar-refractivity contribution in [3.8, 4) is 0 Å². The number of carbonyl (C=O) groups excluding carboxylic acids is 1. The third-order valence-electron chi connectivity index (χ3n) is 1.92. The molecule has 0 heterocycles. The van der Waals surface area contributed by atoms with Gasteiger partial charge in [0.15, 0.2) is 0 Å². The summed E-state index contributed by atoms with van der Waals surface area (Å²) < 4.78 is 5.19. The fourth-order valence-electron chi connectivity index (χ4n) is 1.26. The average Bonchev–Trinajstić information content (AvgIpc) is 2.28. The Balaban J connectivity index is 3.05. The van der Waals surface area contributed by atoms with Gasteiger partial charge in [-0.15, -0.1) is 0 Å². The standard InChI is InChI=1S/C12H17N3O3/c1-12(2,3)18-11(16)15(10(13)14-17)9-7-5-4-6-8-9/h4-8,17H,1-3H3,(H2,13,14). The Morgan fingerprint density at radius 1 is 1.33 bits per heavy atom. The van der Waals surface area contributed by atoms with Gasteiger partial charge in [-0.1, -0.05) is 23.4 Å². The Morgan fingerprint density at radius 3 is 2.33 bits per heavy atom. The number of nitrogens with zero attached hydrogens (tertiary/aromatic N) is 2. The number of hydrogen-bond donors (Lipinski definition) is 2. The zero-order valence-electron chi connectivity index (χ0n) is 10.6. The van der Waals surface area contributed by atoms with Crippen LogP contribution in [0.5, 0.6) is 0 Å². The fraction of sp³-hybridized carbons (Fsp3) is 0.333. The Labute approximate surface area is 106 Å². The lowest BCUT2D eigenvalue weighted by Gasteiger charge is -2.26. The first-order valence-corrected chi connectivity index (χ1v) is 5.41. The first kappa shape index (κ1) is 13.8. The average molecular weight is 251 g/mol. The number of hydrogen-bond acceptors (Lipinski definition) is 4.